The molecule has 0 aliphatic heterocycles. The van der Waals surface area contributed by atoms with Gasteiger partial charge < -0.3 is 9.84 Å². The number of benzene rings is 1. The van der Waals surface area contributed by atoms with Crippen LogP contribution in [-0.2, 0) is 24.1 Å². The third-order valence-corrected chi connectivity index (χ3v) is 2.96. The zero-order chi connectivity index (χ0) is 16.9. The Morgan fingerprint density at radius 3 is 2.52 bits per heavy atom. The van der Waals surface area contributed by atoms with E-state index in [0.717, 1.165) is 11.6 Å². The van der Waals surface area contributed by atoms with Gasteiger partial charge in [-0.25, -0.2) is 4.68 Å². The van der Waals surface area contributed by atoms with Gasteiger partial charge in [0.05, 0.1) is 25.9 Å². The van der Waals surface area contributed by atoms with Gasteiger partial charge in [-0.05, 0) is 11.6 Å². The number of aromatic nitrogens is 2. The summed E-state index contributed by atoms with van der Waals surface area (Å²) in [5.74, 6) is 0. The molecule has 8 heteroatoms. The van der Waals surface area contributed by atoms with Crippen LogP contribution in [0.15, 0.2) is 47.3 Å². The Labute approximate surface area is 129 Å². The molecule has 0 saturated carbocycles. The van der Waals surface area contributed by atoms with E-state index in [1.807, 2.05) is 30.3 Å². The van der Waals surface area contributed by atoms with Crippen molar-refractivity contribution in [3.05, 3.63) is 64.1 Å². The molecule has 0 amide bonds. The Kier molecular flexibility index (Phi) is 5.51. The average molecular weight is 328 g/mol. The predicted octanol–water partition coefficient (Wildman–Crippen LogP) is 1.84. The number of alkyl halides is 3. The van der Waals surface area contributed by atoms with E-state index >= 15 is 0 Å². The van der Waals surface area contributed by atoms with Crippen molar-refractivity contribution in [3.63, 3.8) is 0 Å². The summed E-state index contributed by atoms with van der Waals surface area (Å²) in [7, 11) is 0. The van der Waals surface area contributed by atoms with Crippen molar-refractivity contribution < 1.29 is 23.0 Å². The normalized spacial score (nSPS) is 13.0. The molecule has 0 saturated heterocycles. The van der Waals surface area contributed by atoms with E-state index in [2.05, 4.69) is 5.10 Å². The lowest BCUT2D eigenvalue weighted by molar-refractivity contribution is -0.142. The minimum absolute atomic E-state index is 0.126. The maximum absolute atomic E-state index is 12.6. The van der Waals surface area contributed by atoms with Crippen LogP contribution in [0.3, 0.4) is 0 Å². The number of halogens is 3. The molecule has 1 aromatic carbocycles. The van der Waals surface area contributed by atoms with Gasteiger partial charge in [0.1, 0.15) is 0 Å². The number of aliphatic hydroxyl groups is 1. The molecular weight excluding hydrogens is 313 g/mol. The van der Waals surface area contributed by atoms with Gasteiger partial charge in [0.2, 0.25) is 0 Å². The molecule has 0 radical (unpaired) electrons. The first-order chi connectivity index (χ1) is 10.9. The first kappa shape index (κ1) is 17.2. The lowest BCUT2D eigenvalue weighted by Gasteiger charge is -2.14. The van der Waals surface area contributed by atoms with Gasteiger partial charge in [-0.15, -0.1) is 0 Å². The van der Waals surface area contributed by atoms with E-state index in [4.69, 9.17) is 4.74 Å². The predicted molar refractivity (Wildman–Crippen MR) is 75.6 cm³/mol. The van der Waals surface area contributed by atoms with Gasteiger partial charge in [0, 0.05) is 6.07 Å². The van der Waals surface area contributed by atoms with E-state index in [1.54, 1.807) is 0 Å². The maximum atomic E-state index is 12.6. The second-order valence-electron chi connectivity index (χ2n) is 4.89. The molecule has 2 rings (SSSR count). The molecule has 124 valence electrons. The Morgan fingerprint density at radius 2 is 1.87 bits per heavy atom. The smallest absolute Gasteiger partial charge is 0.389 e. The quantitative estimate of drug-likeness (QED) is 0.879. The molecule has 0 aliphatic carbocycles. The van der Waals surface area contributed by atoms with E-state index < -0.39 is 23.5 Å². The SMILES string of the molecule is O=c1ccc(C(F)(F)F)nn1C[C@H](O)COCc1ccccc1. The molecule has 1 aromatic heterocycles. The molecule has 23 heavy (non-hydrogen) atoms. The largest absolute Gasteiger partial charge is 0.435 e. The fourth-order valence-electron chi connectivity index (χ4n) is 1.87. The summed E-state index contributed by atoms with van der Waals surface area (Å²) in [5, 5.41) is 13.0. The van der Waals surface area contributed by atoms with Crippen LogP contribution in [0.4, 0.5) is 13.2 Å². The topological polar surface area (TPSA) is 64.4 Å². The highest BCUT2D eigenvalue weighted by Crippen LogP contribution is 2.26. The van der Waals surface area contributed by atoms with Crippen LogP contribution in [0.1, 0.15) is 11.3 Å². The zero-order valence-electron chi connectivity index (χ0n) is 12.0. The van der Waals surface area contributed by atoms with Crippen LogP contribution in [0.25, 0.3) is 0 Å². The van der Waals surface area contributed by atoms with E-state index in [0.29, 0.717) is 10.7 Å². The molecule has 0 aliphatic rings. The molecule has 0 bridgehead atoms. The number of rotatable bonds is 6. The fourth-order valence-corrected chi connectivity index (χ4v) is 1.87. The molecular formula is C15H15F3N2O3. The molecule has 2 aromatic rings. The number of aliphatic hydroxyl groups excluding tert-OH is 1. The maximum Gasteiger partial charge on any atom is 0.435 e. The number of hydrogen-bond acceptors (Lipinski definition) is 4. The van der Waals surface area contributed by atoms with Gasteiger partial charge >= 0.3 is 6.18 Å². The number of ether oxygens (including phenoxy) is 1. The molecule has 0 fully saturated rings. The highest BCUT2D eigenvalue weighted by Gasteiger charge is 2.33. The van der Waals surface area contributed by atoms with Gasteiger partial charge in [0.15, 0.2) is 5.69 Å². The summed E-state index contributed by atoms with van der Waals surface area (Å²) in [6.07, 6.45) is -5.79. The summed E-state index contributed by atoms with van der Waals surface area (Å²) in [5.41, 5.74) is -1.01. The van der Waals surface area contributed by atoms with Crippen molar-refractivity contribution in [1.82, 2.24) is 9.78 Å². The minimum atomic E-state index is -4.65. The lowest BCUT2D eigenvalue weighted by Crippen LogP contribution is -2.32. The molecule has 0 spiro atoms. The average Bonchev–Trinajstić information content (AvgIpc) is 2.49. The van der Waals surface area contributed by atoms with Gasteiger partial charge in [-0.3, -0.25) is 4.79 Å². The monoisotopic (exact) mass is 328 g/mol. The summed E-state index contributed by atoms with van der Waals surface area (Å²) < 4.78 is 43.5. The Bertz CT molecular complexity index is 686. The molecule has 0 unspecified atom stereocenters. The Hall–Kier alpha value is -2.19. The van der Waals surface area contributed by atoms with Gasteiger partial charge in [-0.2, -0.15) is 18.3 Å². The van der Waals surface area contributed by atoms with Crippen molar-refractivity contribution >= 4 is 0 Å². The molecule has 1 N–H and O–H groups in total. The Morgan fingerprint density at radius 1 is 1.17 bits per heavy atom. The van der Waals surface area contributed by atoms with Crippen molar-refractivity contribution in [3.8, 4) is 0 Å². The van der Waals surface area contributed by atoms with E-state index in [-0.39, 0.29) is 19.8 Å². The van der Waals surface area contributed by atoms with Crippen LogP contribution in [0.5, 0.6) is 0 Å². The van der Waals surface area contributed by atoms with Crippen molar-refractivity contribution in [2.45, 2.75) is 25.4 Å². The summed E-state index contributed by atoms with van der Waals surface area (Å²) >= 11 is 0. The lowest BCUT2D eigenvalue weighted by atomic mass is 10.2. The standard InChI is InChI=1S/C15H15F3N2O3/c16-15(17,18)13-6-7-14(22)20(19-13)8-12(21)10-23-9-11-4-2-1-3-5-11/h1-7,12,21H,8-10H2/t12-/m0/s1. The van der Waals surface area contributed by atoms with Crippen LogP contribution in [-0.4, -0.2) is 27.6 Å². The van der Waals surface area contributed by atoms with Gasteiger partial charge in [0.25, 0.3) is 5.56 Å². The van der Waals surface area contributed by atoms with Crippen molar-refractivity contribution in [2.24, 2.45) is 0 Å². The van der Waals surface area contributed by atoms with E-state index in [9.17, 15) is 23.1 Å². The van der Waals surface area contributed by atoms with Crippen LogP contribution in [0.2, 0.25) is 0 Å². The van der Waals surface area contributed by atoms with Crippen LogP contribution >= 0.6 is 0 Å². The van der Waals surface area contributed by atoms with E-state index in [1.165, 1.54) is 0 Å². The van der Waals surface area contributed by atoms with Crippen LogP contribution < -0.4 is 5.56 Å². The number of nitrogens with zero attached hydrogens (tertiary/aromatic N) is 2. The highest BCUT2D eigenvalue weighted by molar-refractivity contribution is 5.13. The summed E-state index contributed by atoms with van der Waals surface area (Å²) in [6, 6.07) is 10.6. The molecule has 5 nitrogen and oxygen atoms in total. The third-order valence-electron chi connectivity index (χ3n) is 2.96. The second kappa shape index (κ2) is 7.38. The Balaban J connectivity index is 1.92. The molecule has 1 atom stereocenters. The summed E-state index contributed by atoms with van der Waals surface area (Å²) in [6.45, 7) is -0.250. The zero-order valence-corrected chi connectivity index (χ0v) is 12.0. The third kappa shape index (κ3) is 5.19. The van der Waals surface area contributed by atoms with Crippen molar-refractivity contribution in [1.29, 1.82) is 0 Å². The number of hydrogen-bond donors (Lipinski definition) is 1. The first-order valence-corrected chi connectivity index (χ1v) is 6.81. The minimum Gasteiger partial charge on any atom is -0.389 e. The second-order valence-corrected chi connectivity index (χ2v) is 4.89. The molecule has 1 heterocycles. The fraction of sp³-hybridized carbons (Fsp3) is 0.333. The van der Waals surface area contributed by atoms with Crippen molar-refractivity contribution in [2.75, 3.05) is 6.61 Å². The highest BCUT2D eigenvalue weighted by atomic mass is 19.4. The summed E-state index contributed by atoms with van der Waals surface area (Å²) in [4.78, 5) is 11.5. The van der Waals surface area contributed by atoms with Crippen LogP contribution in [0, 0.1) is 0 Å². The first-order valence-electron chi connectivity index (χ1n) is 6.81. The van der Waals surface area contributed by atoms with Gasteiger partial charge in [-0.1, -0.05) is 30.3 Å².